The summed E-state index contributed by atoms with van der Waals surface area (Å²) >= 11 is 0. The number of nitrogens with one attached hydrogen (secondary N) is 2. The van der Waals surface area contributed by atoms with E-state index >= 15 is 0 Å². The molecule has 0 radical (unpaired) electrons. The summed E-state index contributed by atoms with van der Waals surface area (Å²) in [5, 5.41) is 17.4. The highest BCUT2D eigenvalue weighted by Crippen LogP contribution is 2.52. The number of anilines is 2. The van der Waals surface area contributed by atoms with Crippen molar-refractivity contribution in [2.75, 3.05) is 10.6 Å². The van der Waals surface area contributed by atoms with Gasteiger partial charge >= 0.3 is 0 Å². The van der Waals surface area contributed by atoms with Crippen molar-refractivity contribution in [2.24, 2.45) is 5.41 Å². The summed E-state index contributed by atoms with van der Waals surface area (Å²) in [5.74, 6) is -0.883. The van der Waals surface area contributed by atoms with Crippen molar-refractivity contribution >= 4 is 23.3 Å². The predicted octanol–water partition coefficient (Wildman–Crippen LogP) is 1.58. The number of hydrogen-bond donors (Lipinski definition) is 2. The van der Waals surface area contributed by atoms with E-state index in [9.17, 15) is 14.0 Å². The molecule has 2 aromatic rings. The topological polar surface area (TPSA) is 102 Å². The molecule has 3 heterocycles. The molecule has 1 atom stereocenters. The molecule has 3 aliphatic rings. The van der Waals surface area contributed by atoms with Gasteiger partial charge in [-0.05, 0) is 40.5 Å². The molecule has 9 heteroatoms. The normalized spacial score (nSPS) is 25.5. The molecule has 0 saturated carbocycles. The van der Waals surface area contributed by atoms with E-state index in [1.165, 1.54) is 22.9 Å². The van der Waals surface area contributed by atoms with Crippen LogP contribution < -0.4 is 10.6 Å². The lowest BCUT2D eigenvalue weighted by Crippen LogP contribution is -2.52. The molecule has 0 bridgehead atoms. The van der Waals surface area contributed by atoms with Gasteiger partial charge < -0.3 is 10.6 Å². The van der Waals surface area contributed by atoms with Crippen molar-refractivity contribution < 1.29 is 14.0 Å². The Hall–Kier alpha value is -3.10. The smallest absolute Gasteiger partial charge is 0.262 e. The van der Waals surface area contributed by atoms with Gasteiger partial charge in [0.1, 0.15) is 5.82 Å². The van der Waals surface area contributed by atoms with Crippen LogP contribution in [0.1, 0.15) is 32.3 Å². The van der Waals surface area contributed by atoms with Crippen LogP contribution in [-0.4, -0.2) is 31.9 Å². The third-order valence-electron chi connectivity index (χ3n) is 5.23. The first-order valence-electron chi connectivity index (χ1n) is 8.27. The zero-order chi connectivity index (χ0) is 18.3. The Morgan fingerprint density at radius 2 is 2.00 bits per heavy atom. The maximum Gasteiger partial charge on any atom is 0.262 e. The van der Waals surface area contributed by atoms with Crippen molar-refractivity contribution in [3.63, 3.8) is 0 Å². The second kappa shape index (κ2) is 4.54. The van der Waals surface area contributed by atoms with Gasteiger partial charge in [-0.25, -0.2) is 4.39 Å². The van der Waals surface area contributed by atoms with E-state index in [1.807, 2.05) is 13.8 Å². The number of carbonyl (C=O) groups is 2. The van der Waals surface area contributed by atoms with Gasteiger partial charge in [-0.2, -0.15) is 4.68 Å². The maximum atomic E-state index is 14.1. The molecule has 26 heavy (non-hydrogen) atoms. The lowest BCUT2D eigenvalue weighted by Gasteiger charge is -2.41. The van der Waals surface area contributed by atoms with Crippen molar-refractivity contribution in [1.29, 1.82) is 0 Å². The predicted molar refractivity (Wildman–Crippen MR) is 88.6 cm³/mol. The first-order chi connectivity index (χ1) is 12.3. The molecular weight excluding hydrogens is 339 g/mol. The van der Waals surface area contributed by atoms with Gasteiger partial charge in [0.15, 0.2) is 5.78 Å². The van der Waals surface area contributed by atoms with E-state index in [0.717, 1.165) is 0 Å². The molecule has 8 nitrogen and oxygen atoms in total. The van der Waals surface area contributed by atoms with Gasteiger partial charge in [0, 0.05) is 23.4 Å². The highest BCUT2D eigenvalue weighted by Gasteiger charge is 2.60. The fourth-order valence-corrected chi connectivity index (χ4v) is 4.30. The number of carbonyl (C=O) groups excluding carboxylic acids is 2. The van der Waals surface area contributed by atoms with Gasteiger partial charge in [0.05, 0.1) is 5.57 Å². The molecule has 1 amide bonds. The van der Waals surface area contributed by atoms with Crippen molar-refractivity contribution in [3.05, 3.63) is 40.8 Å². The zero-order valence-electron chi connectivity index (χ0n) is 14.1. The zero-order valence-corrected chi connectivity index (χ0v) is 14.1. The Balaban J connectivity index is 1.89. The number of allylic oxidation sites excluding steroid dienone is 1. The van der Waals surface area contributed by atoms with E-state index in [-0.39, 0.29) is 23.6 Å². The number of rotatable bonds is 0. The molecule has 0 saturated heterocycles. The average molecular weight is 354 g/mol. The van der Waals surface area contributed by atoms with Crippen molar-refractivity contribution in [2.45, 2.75) is 32.2 Å². The number of tetrazole rings is 1. The maximum absolute atomic E-state index is 14.1. The minimum absolute atomic E-state index is 0.169. The van der Waals surface area contributed by atoms with Gasteiger partial charge in [-0.1, -0.05) is 18.9 Å². The minimum Gasteiger partial charge on any atom is -0.326 e. The molecule has 1 aromatic heterocycles. The number of fused-ring (bicyclic) bond motifs is 5. The second-order valence-corrected chi connectivity index (χ2v) is 7.69. The number of hydrogen-bond acceptors (Lipinski definition) is 6. The lowest BCUT2D eigenvalue weighted by atomic mass is 9.68. The third kappa shape index (κ3) is 1.69. The Bertz CT molecular complexity index is 1040. The summed E-state index contributed by atoms with van der Waals surface area (Å²) in [6.07, 6.45) is 0.839. The standard InChI is InChI=1S/C17H15FN6O2/c1-16(2)6-11-13(12(25)7-16)17(24-15(20-11)21-22-23-24)9-5-8(18)3-4-10(9)19-14(17)26/h3-5H,6-7H2,1-2H3,(H,19,26)(H,20,21,23). The van der Waals surface area contributed by atoms with Crippen LogP contribution in [-0.2, 0) is 15.1 Å². The van der Waals surface area contributed by atoms with Crippen LogP contribution in [0.25, 0.3) is 0 Å². The summed E-state index contributed by atoms with van der Waals surface area (Å²) < 4.78 is 15.3. The first kappa shape index (κ1) is 15.2. The van der Waals surface area contributed by atoms with E-state index in [0.29, 0.717) is 28.9 Å². The highest BCUT2D eigenvalue weighted by atomic mass is 19.1. The Labute approximate surface area is 147 Å². The number of halogens is 1. The van der Waals surface area contributed by atoms with E-state index in [4.69, 9.17) is 0 Å². The molecule has 5 rings (SSSR count). The van der Waals surface area contributed by atoms with Crippen molar-refractivity contribution in [1.82, 2.24) is 20.2 Å². The number of nitrogens with zero attached hydrogens (tertiary/aromatic N) is 4. The quantitative estimate of drug-likeness (QED) is 0.745. The molecular formula is C17H15FN6O2. The Kier molecular flexibility index (Phi) is 2.65. The van der Waals surface area contributed by atoms with Gasteiger partial charge in [-0.3, -0.25) is 9.59 Å². The molecule has 1 aromatic carbocycles. The van der Waals surface area contributed by atoms with Gasteiger partial charge in [0.25, 0.3) is 5.91 Å². The van der Waals surface area contributed by atoms with Gasteiger partial charge in [-0.15, -0.1) is 0 Å². The first-order valence-corrected chi connectivity index (χ1v) is 8.27. The molecule has 2 aliphatic heterocycles. The van der Waals surface area contributed by atoms with Crippen LogP contribution in [0.3, 0.4) is 0 Å². The average Bonchev–Trinajstić information content (AvgIpc) is 3.10. The van der Waals surface area contributed by atoms with E-state index in [2.05, 4.69) is 26.2 Å². The van der Waals surface area contributed by atoms with Crippen LogP contribution in [0.2, 0.25) is 0 Å². The van der Waals surface area contributed by atoms with E-state index < -0.39 is 17.3 Å². The molecule has 2 N–H and O–H groups in total. The largest absolute Gasteiger partial charge is 0.326 e. The number of benzene rings is 1. The van der Waals surface area contributed by atoms with Crippen LogP contribution in [0.15, 0.2) is 29.5 Å². The third-order valence-corrected chi connectivity index (χ3v) is 5.23. The summed E-state index contributed by atoms with van der Waals surface area (Å²) in [4.78, 5) is 26.3. The van der Waals surface area contributed by atoms with Crippen molar-refractivity contribution in [3.8, 4) is 0 Å². The van der Waals surface area contributed by atoms with E-state index in [1.54, 1.807) is 0 Å². The summed E-state index contributed by atoms with van der Waals surface area (Å²) in [7, 11) is 0. The molecule has 1 aliphatic carbocycles. The molecule has 1 spiro atoms. The number of Topliss-reactive ketones (excluding diaryl/α,β-unsaturated/α-hetero) is 1. The second-order valence-electron chi connectivity index (χ2n) is 7.69. The van der Waals surface area contributed by atoms with Crippen LogP contribution in [0.5, 0.6) is 0 Å². The van der Waals surface area contributed by atoms with Gasteiger partial charge in [0.2, 0.25) is 11.5 Å². The molecule has 132 valence electrons. The molecule has 0 fully saturated rings. The summed E-state index contributed by atoms with van der Waals surface area (Å²) in [6, 6.07) is 4.02. The summed E-state index contributed by atoms with van der Waals surface area (Å²) in [6.45, 7) is 3.98. The Morgan fingerprint density at radius 1 is 1.19 bits per heavy atom. The number of ketones is 1. The fraction of sp³-hybridized carbons (Fsp3) is 0.353. The number of aromatic nitrogens is 4. The van der Waals surface area contributed by atoms with Crippen LogP contribution in [0.4, 0.5) is 16.0 Å². The monoisotopic (exact) mass is 354 g/mol. The highest BCUT2D eigenvalue weighted by molar-refractivity contribution is 6.16. The fourth-order valence-electron chi connectivity index (χ4n) is 4.30. The lowest BCUT2D eigenvalue weighted by molar-refractivity contribution is -0.125. The summed E-state index contributed by atoms with van der Waals surface area (Å²) in [5.41, 5.74) is -0.161. The Morgan fingerprint density at radius 3 is 2.81 bits per heavy atom. The SMILES string of the molecule is CC1(C)CC(=O)C2=C(C1)Nc1nnnn1C21C(=O)Nc2ccc(F)cc21. The van der Waals surface area contributed by atoms with Crippen LogP contribution in [0, 0.1) is 11.2 Å². The minimum atomic E-state index is -1.59. The number of amides is 1. The van der Waals surface area contributed by atoms with Crippen LogP contribution >= 0.6 is 0 Å². The molecule has 1 unspecified atom stereocenters.